The standard InChI is InChI=1S/C17H27N3O2S/c1-5-10-18-16(21)12-20(3)17(22)13-19(2)11-14-6-8-15(23-4)9-7-14/h6-9H,5,10-13H2,1-4H3,(H,18,21). The van der Waals surface area contributed by atoms with Gasteiger partial charge in [-0.15, -0.1) is 11.8 Å². The van der Waals surface area contributed by atoms with Gasteiger partial charge in [0.2, 0.25) is 11.8 Å². The lowest BCUT2D eigenvalue weighted by atomic mass is 10.2. The van der Waals surface area contributed by atoms with Crippen molar-refractivity contribution in [1.29, 1.82) is 0 Å². The molecule has 0 aliphatic rings. The van der Waals surface area contributed by atoms with Crippen LogP contribution in [0.25, 0.3) is 0 Å². The molecule has 1 aromatic carbocycles. The molecule has 0 saturated carbocycles. The molecule has 0 aliphatic heterocycles. The molecule has 1 aromatic rings. The average molecular weight is 337 g/mol. The predicted molar refractivity (Wildman–Crippen MR) is 95.5 cm³/mol. The van der Waals surface area contributed by atoms with Gasteiger partial charge in [0.05, 0.1) is 13.1 Å². The van der Waals surface area contributed by atoms with E-state index in [1.165, 1.54) is 15.4 Å². The molecule has 0 spiro atoms. The normalized spacial score (nSPS) is 10.7. The van der Waals surface area contributed by atoms with Crippen molar-refractivity contribution in [3.63, 3.8) is 0 Å². The molecule has 0 heterocycles. The number of hydrogen-bond acceptors (Lipinski definition) is 4. The SMILES string of the molecule is CCCNC(=O)CN(C)C(=O)CN(C)Cc1ccc(SC)cc1. The molecule has 0 unspecified atom stereocenters. The van der Waals surface area contributed by atoms with Gasteiger partial charge in [0.15, 0.2) is 0 Å². The minimum absolute atomic E-state index is 0.0557. The van der Waals surface area contributed by atoms with E-state index in [2.05, 4.69) is 29.6 Å². The second-order valence-corrected chi connectivity index (χ2v) is 6.50. The summed E-state index contributed by atoms with van der Waals surface area (Å²) in [5, 5.41) is 2.77. The lowest BCUT2D eigenvalue weighted by Crippen LogP contribution is -2.42. The fourth-order valence-corrected chi connectivity index (χ4v) is 2.48. The van der Waals surface area contributed by atoms with Gasteiger partial charge in [0, 0.05) is 25.0 Å². The minimum atomic E-state index is -0.113. The summed E-state index contributed by atoms with van der Waals surface area (Å²) in [6.07, 6.45) is 2.94. The highest BCUT2D eigenvalue weighted by molar-refractivity contribution is 7.98. The molecule has 0 atom stereocenters. The quantitative estimate of drug-likeness (QED) is 0.699. The molecule has 0 aromatic heterocycles. The number of nitrogens with one attached hydrogen (secondary N) is 1. The Kier molecular flexibility index (Phi) is 8.73. The van der Waals surface area contributed by atoms with Crippen molar-refractivity contribution in [1.82, 2.24) is 15.1 Å². The predicted octanol–water partition coefficient (Wildman–Crippen LogP) is 1.82. The van der Waals surface area contributed by atoms with E-state index in [4.69, 9.17) is 0 Å². The fourth-order valence-electron chi connectivity index (χ4n) is 2.07. The summed E-state index contributed by atoms with van der Waals surface area (Å²) in [6, 6.07) is 8.32. The van der Waals surface area contributed by atoms with Crippen LogP contribution >= 0.6 is 11.8 Å². The number of carbonyl (C=O) groups excluding carboxylic acids is 2. The monoisotopic (exact) mass is 337 g/mol. The second-order valence-electron chi connectivity index (χ2n) is 5.62. The van der Waals surface area contributed by atoms with Crippen molar-refractivity contribution in [2.45, 2.75) is 24.8 Å². The maximum Gasteiger partial charge on any atom is 0.239 e. The molecule has 0 aliphatic carbocycles. The van der Waals surface area contributed by atoms with Gasteiger partial charge in [-0.2, -0.15) is 0 Å². The van der Waals surface area contributed by atoms with E-state index in [1.807, 2.05) is 25.1 Å². The largest absolute Gasteiger partial charge is 0.355 e. The first-order chi connectivity index (χ1) is 11.0. The maximum atomic E-state index is 12.2. The Morgan fingerprint density at radius 3 is 2.35 bits per heavy atom. The van der Waals surface area contributed by atoms with Crippen LogP contribution in [0, 0.1) is 0 Å². The molecule has 0 radical (unpaired) electrons. The Morgan fingerprint density at radius 2 is 1.78 bits per heavy atom. The van der Waals surface area contributed by atoms with Crippen molar-refractivity contribution in [3.05, 3.63) is 29.8 Å². The van der Waals surface area contributed by atoms with Gasteiger partial charge in [0.1, 0.15) is 0 Å². The van der Waals surface area contributed by atoms with Crippen LogP contribution in [0.3, 0.4) is 0 Å². The van der Waals surface area contributed by atoms with E-state index in [9.17, 15) is 9.59 Å². The number of benzene rings is 1. The molecule has 2 amide bonds. The van der Waals surface area contributed by atoms with Gasteiger partial charge in [-0.3, -0.25) is 14.5 Å². The van der Waals surface area contributed by atoms with Crippen LogP contribution < -0.4 is 5.32 Å². The van der Waals surface area contributed by atoms with Crippen molar-refractivity contribution >= 4 is 23.6 Å². The van der Waals surface area contributed by atoms with Gasteiger partial charge < -0.3 is 10.2 Å². The highest BCUT2D eigenvalue weighted by Gasteiger charge is 2.14. The zero-order valence-electron chi connectivity index (χ0n) is 14.5. The van der Waals surface area contributed by atoms with Gasteiger partial charge in [-0.1, -0.05) is 19.1 Å². The minimum Gasteiger partial charge on any atom is -0.355 e. The first-order valence-corrected chi connectivity index (χ1v) is 9.00. The van der Waals surface area contributed by atoms with Gasteiger partial charge in [-0.05, 0) is 37.4 Å². The topological polar surface area (TPSA) is 52.7 Å². The Balaban J connectivity index is 2.40. The zero-order valence-corrected chi connectivity index (χ0v) is 15.3. The molecule has 6 heteroatoms. The summed E-state index contributed by atoms with van der Waals surface area (Å²) in [4.78, 5) is 28.4. The molecule has 128 valence electrons. The molecule has 0 saturated heterocycles. The van der Waals surface area contributed by atoms with E-state index >= 15 is 0 Å². The number of thioether (sulfide) groups is 1. The van der Waals surface area contributed by atoms with Crippen molar-refractivity contribution in [3.8, 4) is 0 Å². The number of rotatable bonds is 9. The van der Waals surface area contributed by atoms with E-state index in [1.54, 1.807) is 18.8 Å². The summed E-state index contributed by atoms with van der Waals surface area (Å²) >= 11 is 1.71. The smallest absolute Gasteiger partial charge is 0.239 e. The van der Waals surface area contributed by atoms with Crippen LogP contribution in [0.2, 0.25) is 0 Å². The van der Waals surface area contributed by atoms with E-state index in [0.717, 1.165) is 6.42 Å². The molecule has 1 N–H and O–H groups in total. The van der Waals surface area contributed by atoms with Crippen LogP contribution in [-0.2, 0) is 16.1 Å². The lowest BCUT2D eigenvalue weighted by molar-refractivity contribution is -0.135. The summed E-state index contributed by atoms with van der Waals surface area (Å²) < 4.78 is 0. The third kappa shape index (κ3) is 7.52. The summed E-state index contributed by atoms with van der Waals surface area (Å²) in [5.41, 5.74) is 1.17. The van der Waals surface area contributed by atoms with Gasteiger partial charge in [-0.25, -0.2) is 0 Å². The number of nitrogens with zero attached hydrogens (tertiary/aromatic N) is 2. The average Bonchev–Trinajstić information content (AvgIpc) is 2.53. The highest BCUT2D eigenvalue weighted by atomic mass is 32.2. The zero-order chi connectivity index (χ0) is 17.2. The molecule has 5 nitrogen and oxygen atoms in total. The summed E-state index contributed by atoms with van der Waals surface area (Å²) in [6.45, 7) is 3.75. The van der Waals surface area contributed by atoms with E-state index in [0.29, 0.717) is 19.6 Å². The Labute approximate surface area is 143 Å². The van der Waals surface area contributed by atoms with Crippen molar-refractivity contribution in [2.24, 2.45) is 0 Å². The van der Waals surface area contributed by atoms with Crippen LogP contribution in [0.5, 0.6) is 0 Å². The number of amides is 2. The lowest BCUT2D eigenvalue weighted by Gasteiger charge is -2.21. The molecule has 0 bridgehead atoms. The summed E-state index contributed by atoms with van der Waals surface area (Å²) in [5.74, 6) is -0.169. The number of carbonyl (C=O) groups is 2. The molecule has 23 heavy (non-hydrogen) atoms. The molecule has 1 rings (SSSR count). The van der Waals surface area contributed by atoms with Crippen LogP contribution in [0.15, 0.2) is 29.2 Å². The van der Waals surface area contributed by atoms with E-state index < -0.39 is 0 Å². The van der Waals surface area contributed by atoms with Crippen molar-refractivity contribution < 1.29 is 9.59 Å². The van der Waals surface area contributed by atoms with Gasteiger partial charge >= 0.3 is 0 Å². The third-order valence-electron chi connectivity index (χ3n) is 3.40. The molecule has 0 fully saturated rings. The van der Waals surface area contributed by atoms with Crippen LogP contribution in [0.1, 0.15) is 18.9 Å². The Bertz CT molecular complexity index is 505. The Morgan fingerprint density at radius 1 is 1.13 bits per heavy atom. The number of hydrogen-bond donors (Lipinski definition) is 1. The maximum absolute atomic E-state index is 12.2. The first kappa shape index (κ1) is 19.5. The second kappa shape index (κ2) is 10.3. The third-order valence-corrected chi connectivity index (χ3v) is 4.14. The first-order valence-electron chi connectivity index (χ1n) is 7.78. The van der Waals surface area contributed by atoms with Crippen LogP contribution in [0.4, 0.5) is 0 Å². The van der Waals surface area contributed by atoms with Crippen LogP contribution in [-0.4, -0.2) is 61.6 Å². The van der Waals surface area contributed by atoms with Crippen molar-refractivity contribution in [2.75, 3.05) is 40.0 Å². The number of likely N-dealkylation sites (N-methyl/N-ethyl adjacent to an activating group) is 2. The fraction of sp³-hybridized carbons (Fsp3) is 0.529. The molecular formula is C17H27N3O2S. The molecular weight excluding hydrogens is 310 g/mol. The Hall–Kier alpha value is -1.53. The van der Waals surface area contributed by atoms with E-state index in [-0.39, 0.29) is 18.4 Å². The highest BCUT2D eigenvalue weighted by Crippen LogP contribution is 2.15. The van der Waals surface area contributed by atoms with Gasteiger partial charge in [0.25, 0.3) is 0 Å². The summed E-state index contributed by atoms with van der Waals surface area (Å²) in [7, 11) is 3.57.